The Morgan fingerprint density at radius 1 is 1.67 bits per heavy atom. The maximum atomic E-state index is 11.3. The molecular formula is C7H8N2O5S. The van der Waals surface area contributed by atoms with Crippen molar-refractivity contribution in [2.24, 2.45) is 0 Å². The first-order valence-corrected chi connectivity index (χ1v) is 4.22. The maximum absolute atomic E-state index is 11.3. The molecule has 0 spiro atoms. The molecule has 0 aromatic rings. The van der Waals surface area contributed by atoms with Crippen LogP contribution in [0, 0.1) is 0 Å². The SMILES string of the molecule is C=C(OO)N1CC(=O)N(CC(=O)O)C1=S. The molecule has 1 saturated heterocycles. The molecule has 1 rings (SSSR count). The Kier molecular flexibility index (Phi) is 3.22. The molecular weight excluding hydrogens is 224 g/mol. The van der Waals surface area contributed by atoms with Gasteiger partial charge in [-0.2, -0.15) is 0 Å². The lowest BCUT2D eigenvalue weighted by Gasteiger charge is -2.17. The van der Waals surface area contributed by atoms with E-state index in [2.05, 4.69) is 11.5 Å². The van der Waals surface area contributed by atoms with Crippen LogP contribution in [-0.4, -0.2) is 50.2 Å². The Morgan fingerprint density at radius 3 is 2.73 bits per heavy atom. The van der Waals surface area contributed by atoms with Crippen molar-refractivity contribution >= 4 is 29.2 Å². The Balaban J connectivity index is 2.79. The van der Waals surface area contributed by atoms with Crippen LogP contribution in [0.25, 0.3) is 0 Å². The van der Waals surface area contributed by atoms with Gasteiger partial charge in [-0.3, -0.25) is 19.4 Å². The lowest BCUT2D eigenvalue weighted by atomic mass is 10.5. The van der Waals surface area contributed by atoms with Gasteiger partial charge in [-0.25, -0.2) is 5.26 Å². The third-order valence-electron chi connectivity index (χ3n) is 1.76. The molecule has 1 aliphatic heterocycles. The highest BCUT2D eigenvalue weighted by Crippen LogP contribution is 2.15. The van der Waals surface area contributed by atoms with Crippen LogP contribution in [0.1, 0.15) is 0 Å². The van der Waals surface area contributed by atoms with E-state index >= 15 is 0 Å². The Bertz CT molecular complexity index is 342. The molecule has 1 amide bonds. The van der Waals surface area contributed by atoms with Crippen molar-refractivity contribution in [3.8, 4) is 0 Å². The molecule has 0 unspecified atom stereocenters. The number of nitrogens with zero attached hydrogens (tertiary/aromatic N) is 2. The van der Waals surface area contributed by atoms with Crippen LogP contribution in [0.15, 0.2) is 12.5 Å². The molecule has 0 saturated carbocycles. The third-order valence-corrected chi connectivity index (χ3v) is 2.20. The third kappa shape index (κ3) is 2.22. The van der Waals surface area contributed by atoms with Gasteiger partial charge in [0.15, 0.2) is 5.11 Å². The number of aliphatic carboxylic acids is 1. The number of carbonyl (C=O) groups is 2. The Morgan fingerprint density at radius 2 is 2.27 bits per heavy atom. The molecule has 0 bridgehead atoms. The molecule has 2 N–H and O–H groups in total. The van der Waals surface area contributed by atoms with Gasteiger partial charge >= 0.3 is 5.97 Å². The van der Waals surface area contributed by atoms with Gasteiger partial charge in [0.25, 0.3) is 0 Å². The molecule has 0 aromatic heterocycles. The smallest absolute Gasteiger partial charge is 0.323 e. The largest absolute Gasteiger partial charge is 0.480 e. The highest BCUT2D eigenvalue weighted by molar-refractivity contribution is 7.80. The van der Waals surface area contributed by atoms with Crippen molar-refractivity contribution in [2.75, 3.05) is 13.1 Å². The van der Waals surface area contributed by atoms with Crippen molar-refractivity contribution < 1.29 is 24.8 Å². The second-order valence-corrected chi connectivity index (χ2v) is 3.09. The quantitative estimate of drug-likeness (QED) is 0.291. The van der Waals surface area contributed by atoms with Crippen LogP contribution in [0.4, 0.5) is 0 Å². The number of carboxylic acids is 1. The topological polar surface area (TPSA) is 90.3 Å². The van der Waals surface area contributed by atoms with E-state index in [-0.39, 0.29) is 17.5 Å². The Hall–Kier alpha value is -1.67. The molecule has 7 nitrogen and oxygen atoms in total. The highest BCUT2D eigenvalue weighted by atomic mass is 32.1. The first-order valence-electron chi connectivity index (χ1n) is 3.81. The van der Waals surface area contributed by atoms with Gasteiger partial charge < -0.3 is 9.99 Å². The van der Waals surface area contributed by atoms with Gasteiger partial charge in [-0.15, -0.1) is 0 Å². The first-order chi connectivity index (χ1) is 6.97. The fourth-order valence-corrected chi connectivity index (χ4v) is 1.41. The van der Waals surface area contributed by atoms with Gasteiger partial charge in [0.1, 0.15) is 13.1 Å². The van der Waals surface area contributed by atoms with E-state index in [1.165, 1.54) is 0 Å². The molecule has 15 heavy (non-hydrogen) atoms. The summed E-state index contributed by atoms with van der Waals surface area (Å²) in [4.78, 5) is 27.5. The first kappa shape index (κ1) is 11.4. The highest BCUT2D eigenvalue weighted by Gasteiger charge is 2.36. The van der Waals surface area contributed by atoms with E-state index in [0.29, 0.717) is 0 Å². The van der Waals surface area contributed by atoms with Crippen LogP contribution in [0.2, 0.25) is 0 Å². The lowest BCUT2D eigenvalue weighted by molar-refractivity contribution is -0.217. The molecule has 82 valence electrons. The minimum absolute atomic E-state index is 0.0542. The molecule has 0 atom stereocenters. The number of amides is 1. The minimum atomic E-state index is -1.18. The number of hydrogen-bond donors (Lipinski definition) is 2. The monoisotopic (exact) mass is 232 g/mol. The van der Waals surface area contributed by atoms with Gasteiger partial charge in [0.2, 0.25) is 11.8 Å². The van der Waals surface area contributed by atoms with Crippen molar-refractivity contribution in [1.82, 2.24) is 9.80 Å². The number of hydrogen-bond acceptors (Lipinski definition) is 5. The molecule has 0 aliphatic carbocycles. The summed E-state index contributed by atoms with van der Waals surface area (Å²) in [5.41, 5.74) is 0. The van der Waals surface area contributed by atoms with Crippen molar-refractivity contribution in [1.29, 1.82) is 0 Å². The van der Waals surface area contributed by atoms with E-state index < -0.39 is 18.4 Å². The number of carbonyl (C=O) groups excluding carboxylic acids is 1. The molecule has 1 heterocycles. The van der Waals surface area contributed by atoms with Crippen molar-refractivity contribution in [2.45, 2.75) is 0 Å². The lowest BCUT2D eigenvalue weighted by Crippen LogP contribution is -2.36. The van der Waals surface area contributed by atoms with Gasteiger partial charge in [0.05, 0.1) is 0 Å². The average molecular weight is 232 g/mol. The summed E-state index contributed by atoms with van der Waals surface area (Å²) in [5, 5.41) is 16.8. The molecule has 0 radical (unpaired) electrons. The molecule has 1 aliphatic rings. The fraction of sp³-hybridized carbons (Fsp3) is 0.286. The number of rotatable bonds is 4. The van der Waals surface area contributed by atoms with Crippen molar-refractivity contribution in [3.05, 3.63) is 12.5 Å². The summed E-state index contributed by atoms with van der Waals surface area (Å²) >= 11 is 4.82. The van der Waals surface area contributed by atoms with Crippen LogP contribution >= 0.6 is 12.2 Å². The predicted octanol–water partition coefficient (Wildman–Crippen LogP) is -0.539. The van der Waals surface area contributed by atoms with Crippen LogP contribution in [-0.2, 0) is 14.5 Å². The second kappa shape index (κ2) is 4.24. The van der Waals surface area contributed by atoms with E-state index in [0.717, 1.165) is 9.80 Å². The summed E-state index contributed by atoms with van der Waals surface area (Å²) in [6.45, 7) is 2.58. The van der Waals surface area contributed by atoms with Crippen LogP contribution in [0.5, 0.6) is 0 Å². The molecule has 1 fully saturated rings. The average Bonchev–Trinajstić information content (AvgIpc) is 2.44. The summed E-state index contributed by atoms with van der Waals surface area (Å²) in [7, 11) is 0. The Labute approximate surface area is 90.1 Å². The zero-order valence-corrected chi connectivity index (χ0v) is 8.36. The summed E-state index contributed by atoms with van der Waals surface area (Å²) in [6.07, 6.45) is 0. The molecule has 8 heteroatoms. The fourth-order valence-electron chi connectivity index (χ4n) is 1.08. The van der Waals surface area contributed by atoms with E-state index in [1.807, 2.05) is 0 Å². The van der Waals surface area contributed by atoms with Crippen LogP contribution in [0.3, 0.4) is 0 Å². The van der Waals surface area contributed by atoms with Gasteiger partial charge in [-0.1, -0.05) is 0 Å². The summed E-state index contributed by atoms with van der Waals surface area (Å²) < 4.78 is 0. The minimum Gasteiger partial charge on any atom is -0.480 e. The normalized spacial score (nSPS) is 15.8. The standard InChI is InChI=1S/C7H8N2O5S/c1-4(14-13)8-2-5(10)9(7(8)15)3-6(11)12/h13H,1-3H2,(H,11,12). The van der Waals surface area contributed by atoms with Gasteiger partial charge in [0, 0.05) is 0 Å². The number of thiocarbonyl (C=S) groups is 1. The number of carboxylic acid groups (broad SMARTS) is 1. The van der Waals surface area contributed by atoms with E-state index in [1.54, 1.807) is 0 Å². The van der Waals surface area contributed by atoms with Crippen molar-refractivity contribution in [3.63, 3.8) is 0 Å². The van der Waals surface area contributed by atoms with E-state index in [9.17, 15) is 9.59 Å². The molecule has 0 aromatic carbocycles. The summed E-state index contributed by atoms with van der Waals surface area (Å²) in [5.74, 6) is -1.88. The zero-order valence-electron chi connectivity index (χ0n) is 7.54. The summed E-state index contributed by atoms with van der Waals surface area (Å²) in [6, 6.07) is 0. The maximum Gasteiger partial charge on any atom is 0.323 e. The van der Waals surface area contributed by atoms with Crippen LogP contribution < -0.4 is 0 Å². The van der Waals surface area contributed by atoms with Gasteiger partial charge in [-0.05, 0) is 18.8 Å². The zero-order chi connectivity index (χ0) is 11.6. The predicted molar refractivity (Wildman–Crippen MR) is 51.5 cm³/mol. The van der Waals surface area contributed by atoms with E-state index in [4.69, 9.17) is 22.6 Å². The second-order valence-electron chi connectivity index (χ2n) is 2.73.